The van der Waals surface area contributed by atoms with E-state index < -0.39 is 5.97 Å². The lowest BCUT2D eigenvalue weighted by Crippen LogP contribution is -2.25. The summed E-state index contributed by atoms with van der Waals surface area (Å²) >= 11 is 0. The Kier molecular flexibility index (Phi) is 6.53. The van der Waals surface area contributed by atoms with E-state index in [-0.39, 0.29) is 23.1 Å². The second kappa shape index (κ2) is 10.1. The van der Waals surface area contributed by atoms with Gasteiger partial charge in [0.15, 0.2) is 5.52 Å². The van der Waals surface area contributed by atoms with Crippen LogP contribution in [0.1, 0.15) is 24.8 Å². The van der Waals surface area contributed by atoms with Gasteiger partial charge >= 0.3 is 5.97 Å². The molecular formula is C25H26N6O4. The molecule has 1 aliphatic rings. The van der Waals surface area contributed by atoms with E-state index in [4.69, 9.17) is 9.84 Å². The van der Waals surface area contributed by atoms with Crippen molar-refractivity contribution in [1.82, 2.24) is 30.3 Å². The average Bonchev–Trinajstić information content (AvgIpc) is 3.55. The molecule has 2 aromatic heterocycles. The lowest BCUT2D eigenvalue weighted by Gasteiger charge is -2.17. The molecule has 10 heteroatoms. The number of carboxylic acids is 1. The zero-order valence-corrected chi connectivity index (χ0v) is 19.2. The highest BCUT2D eigenvalue weighted by Crippen LogP contribution is 2.33. The van der Waals surface area contributed by atoms with Crippen molar-refractivity contribution >= 4 is 17.1 Å². The molecule has 0 spiro atoms. The van der Waals surface area contributed by atoms with Gasteiger partial charge in [-0.05, 0) is 61.2 Å². The molecule has 35 heavy (non-hydrogen) atoms. The molecule has 0 saturated carbocycles. The highest BCUT2D eigenvalue weighted by molar-refractivity contribution is 5.76. The van der Waals surface area contributed by atoms with Gasteiger partial charge in [0.1, 0.15) is 18.2 Å². The molecule has 2 aromatic carbocycles. The summed E-state index contributed by atoms with van der Waals surface area (Å²) in [4.78, 5) is 33.0. The summed E-state index contributed by atoms with van der Waals surface area (Å²) in [6, 6.07) is 13.6. The highest BCUT2D eigenvalue weighted by Gasteiger charge is 2.16. The highest BCUT2D eigenvalue weighted by atomic mass is 16.5. The summed E-state index contributed by atoms with van der Waals surface area (Å²) in [7, 11) is 0. The van der Waals surface area contributed by atoms with Crippen molar-refractivity contribution in [3.05, 3.63) is 58.4 Å². The van der Waals surface area contributed by atoms with Crippen molar-refractivity contribution in [3.8, 4) is 28.3 Å². The van der Waals surface area contributed by atoms with Crippen molar-refractivity contribution in [1.29, 1.82) is 0 Å². The zero-order chi connectivity index (χ0) is 24.2. The molecule has 0 bridgehead atoms. The van der Waals surface area contributed by atoms with Gasteiger partial charge in [-0.2, -0.15) is 5.21 Å². The van der Waals surface area contributed by atoms with Crippen LogP contribution in [-0.2, 0) is 11.2 Å². The van der Waals surface area contributed by atoms with Crippen molar-refractivity contribution < 1.29 is 14.6 Å². The van der Waals surface area contributed by atoms with Crippen LogP contribution in [0.3, 0.4) is 0 Å². The van der Waals surface area contributed by atoms with Gasteiger partial charge in [0, 0.05) is 13.0 Å². The number of aryl methyl sites for hydroxylation is 1. The van der Waals surface area contributed by atoms with E-state index in [0.717, 1.165) is 36.3 Å². The van der Waals surface area contributed by atoms with Crippen LogP contribution < -0.4 is 10.3 Å². The average molecular weight is 475 g/mol. The molecule has 1 fully saturated rings. The first kappa shape index (κ1) is 22.7. The first-order valence-electron chi connectivity index (χ1n) is 11.7. The van der Waals surface area contributed by atoms with Gasteiger partial charge < -0.3 is 14.8 Å². The van der Waals surface area contributed by atoms with Crippen LogP contribution in [0.5, 0.6) is 5.75 Å². The van der Waals surface area contributed by atoms with Crippen LogP contribution in [0.4, 0.5) is 0 Å². The summed E-state index contributed by atoms with van der Waals surface area (Å²) in [5, 5.41) is 19.2. The normalized spacial score (nSPS) is 13.9. The van der Waals surface area contributed by atoms with Crippen LogP contribution >= 0.6 is 0 Å². The van der Waals surface area contributed by atoms with Gasteiger partial charge in [-0.1, -0.05) is 30.3 Å². The zero-order valence-electron chi connectivity index (χ0n) is 19.2. The summed E-state index contributed by atoms with van der Waals surface area (Å²) in [5.41, 5.74) is 3.50. The number of fused-ring (bicyclic) bond motifs is 1. The van der Waals surface area contributed by atoms with Crippen LogP contribution in [0.25, 0.3) is 33.7 Å². The number of aliphatic carboxylic acids is 1. The molecule has 3 heterocycles. The maximum Gasteiger partial charge on any atom is 0.303 e. The summed E-state index contributed by atoms with van der Waals surface area (Å²) < 4.78 is 6.23. The molecule has 1 saturated heterocycles. The molecule has 1 aliphatic heterocycles. The Bertz CT molecular complexity index is 1410. The number of H-pyrrole nitrogens is 2. The van der Waals surface area contributed by atoms with Gasteiger partial charge in [0.25, 0.3) is 5.56 Å². The third-order valence-electron chi connectivity index (χ3n) is 6.18. The van der Waals surface area contributed by atoms with Gasteiger partial charge in [-0.15, -0.1) is 10.2 Å². The van der Waals surface area contributed by atoms with E-state index in [1.54, 1.807) is 0 Å². The first-order valence-corrected chi connectivity index (χ1v) is 11.7. The molecule has 0 amide bonds. The fourth-order valence-corrected chi connectivity index (χ4v) is 4.35. The second-order valence-corrected chi connectivity index (χ2v) is 8.61. The number of nitrogens with zero attached hydrogens (tertiary/aromatic N) is 4. The Morgan fingerprint density at radius 1 is 1.09 bits per heavy atom. The van der Waals surface area contributed by atoms with Gasteiger partial charge in [0.2, 0.25) is 5.65 Å². The number of ether oxygens (including phenoxy) is 1. The van der Waals surface area contributed by atoms with Crippen molar-refractivity contribution in [2.24, 2.45) is 0 Å². The Morgan fingerprint density at radius 2 is 1.91 bits per heavy atom. The Hall–Kier alpha value is -4.05. The first-order chi connectivity index (χ1) is 17.1. The second-order valence-electron chi connectivity index (χ2n) is 8.61. The number of hydrogen-bond donors (Lipinski definition) is 3. The number of likely N-dealkylation sites (tertiary alicyclic amines) is 1. The maximum atomic E-state index is 12.5. The maximum absolute atomic E-state index is 12.5. The van der Waals surface area contributed by atoms with E-state index in [1.807, 2.05) is 42.5 Å². The number of rotatable bonds is 9. The third kappa shape index (κ3) is 5.22. The summed E-state index contributed by atoms with van der Waals surface area (Å²) in [6.07, 6.45) is 2.96. The van der Waals surface area contributed by atoms with Crippen LogP contribution in [0, 0.1) is 0 Å². The van der Waals surface area contributed by atoms with Crippen LogP contribution in [0.15, 0.2) is 47.3 Å². The molecule has 180 valence electrons. The van der Waals surface area contributed by atoms with E-state index in [9.17, 15) is 9.59 Å². The predicted octanol–water partition coefficient (Wildman–Crippen LogP) is 2.87. The molecule has 4 aromatic rings. The third-order valence-corrected chi connectivity index (χ3v) is 6.18. The number of aromatic amines is 2. The Labute approximate surface area is 201 Å². The number of benzene rings is 2. The van der Waals surface area contributed by atoms with Crippen molar-refractivity contribution in [2.45, 2.75) is 25.7 Å². The number of hydrogen-bond acceptors (Lipinski definition) is 7. The fourth-order valence-electron chi connectivity index (χ4n) is 4.35. The van der Waals surface area contributed by atoms with Gasteiger partial charge in [-0.25, -0.2) is 4.98 Å². The predicted molar refractivity (Wildman–Crippen MR) is 130 cm³/mol. The number of aromatic nitrogens is 5. The lowest BCUT2D eigenvalue weighted by atomic mass is 9.99. The minimum Gasteiger partial charge on any atom is -0.491 e. The summed E-state index contributed by atoms with van der Waals surface area (Å²) in [5.74, 6) is 0.136. The molecule has 0 radical (unpaired) electrons. The number of carboxylic acid groups (broad SMARTS) is 1. The van der Waals surface area contributed by atoms with Gasteiger partial charge in [-0.3, -0.25) is 14.5 Å². The molecular weight excluding hydrogens is 448 g/mol. The topological polar surface area (TPSA) is 137 Å². The van der Waals surface area contributed by atoms with E-state index >= 15 is 0 Å². The largest absolute Gasteiger partial charge is 0.491 e. The van der Waals surface area contributed by atoms with E-state index in [2.05, 4.69) is 30.3 Å². The Morgan fingerprint density at radius 3 is 2.74 bits per heavy atom. The molecule has 0 unspecified atom stereocenters. The molecule has 10 nitrogen and oxygen atoms in total. The van der Waals surface area contributed by atoms with Crippen LogP contribution in [-0.4, -0.2) is 67.6 Å². The lowest BCUT2D eigenvalue weighted by molar-refractivity contribution is -0.136. The fraction of sp³-hybridized carbons (Fsp3) is 0.320. The molecule has 0 aliphatic carbocycles. The molecule has 0 atom stereocenters. The quantitative estimate of drug-likeness (QED) is 0.337. The van der Waals surface area contributed by atoms with Crippen LogP contribution in [0.2, 0.25) is 0 Å². The SMILES string of the molecule is O=C(O)CCc1cccc(-c2ccc(-c3nc4n[nH]nc4c(=O)[nH]3)c(OCCN3CCCC3)c2)c1. The minimum atomic E-state index is -0.820. The number of carbonyl (C=O) groups is 1. The van der Waals surface area contributed by atoms with E-state index in [0.29, 0.717) is 30.2 Å². The van der Waals surface area contributed by atoms with Crippen molar-refractivity contribution in [2.75, 3.05) is 26.2 Å². The smallest absolute Gasteiger partial charge is 0.303 e. The Balaban J connectivity index is 1.48. The van der Waals surface area contributed by atoms with E-state index in [1.165, 1.54) is 12.8 Å². The molecule has 5 rings (SSSR count). The monoisotopic (exact) mass is 474 g/mol. The van der Waals surface area contributed by atoms with Crippen molar-refractivity contribution in [3.63, 3.8) is 0 Å². The summed E-state index contributed by atoms with van der Waals surface area (Å²) in [6.45, 7) is 3.49. The number of nitrogens with one attached hydrogen (secondary N) is 2. The molecule has 3 N–H and O–H groups in total. The minimum absolute atomic E-state index is 0.0802. The standard InChI is InChI=1S/C25H26N6O4/c32-21(33)9-6-16-4-3-5-17(14-16)18-7-8-19(20(15-18)35-13-12-31-10-1-2-11-31)23-26-24-22(25(34)27-23)28-30-29-24/h3-5,7-8,14-15H,1-2,6,9-13H2,(H,32,33)(H2,26,27,28,29,30,34). The van der Waals surface area contributed by atoms with Gasteiger partial charge in [0.05, 0.1) is 5.56 Å².